The first-order chi connectivity index (χ1) is 10.1. The molecule has 0 rings (SSSR count). The van der Waals surface area contributed by atoms with Crippen molar-refractivity contribution in [3.05, 3.63) is 12.2 Å². The van der Waals surface area contributed by atoms with Gasteiger partial charge in [-0.1, -0.05) is 19.4 Å². The van der Waals surface area contributed by atoms with E-state index >= 15 is 0 Å². The van der Waals surface area contributed by atoms with Gasteiger partial charge >= 0.3 is 5.97 Å². The molecule has 0 saturated carbocycles. The highest BCUT2D eigenvalue weighted by Gasteiger charge is 2.16. The highest BCUT2D eigenvalue weighted by Crippen LogP contribution is 2.17. The minimum absolute atomic E-state index is 0.120. The molecule has 0 aliphatic heterocycles. The van der Waals surface area contributed by atoms with Gasteiger partial charge in [-0.05, 0) is 26.2 Å². The molecule has 0 aromatic heterocycles. The predicted molar refractivity (Wildman–Crippen MR) is 90.5 cm³/mol. The maximum atomic E-state index is 11.9. The fourth-order valence-electron chi connectivity index (χ4n) is 1.81. The molecule has 1 unspecified atom stereocenters. The lowest BCUT2D eigenvalue weighted by Crippen LogP contribution is -2.39. The molecule has 0 bridgehead atoms. The number of carbonyl (C=O) groups is 1. The van der Waals surface area contributed by atoms with Gasteiger partial charge in [-0.15, -0.1) is 0 Å². The summed E-state index contributed by atoms with van der Waals surface area (Å²) in [6.45, 7) is 6.02. The van der Waals surface area contributed by atoms with Gasteiger partial charge in [0, 0.05) is 5.57 Å². The number of quaternary nitrogens is 1. The van der Waals surface area contributed by atoms with E-state index < -0.39 is 7.77 Å². The molecule has 0 aromatic rings. The predicted octanol–water partition coefficient (Wildman–Crippen LogP) is 2.02. The summed E-state index contributed by atoms with van der Waals surface area (Å²) in [6, 6.07) is 0. The van der Waals surface area contributed by atoms with Crippen LogP contribution in [0.25, 0.3) is 0 Å². The van der Waals surface area contributed by atoms with Crippen LogP contribution in [-0.2, 0) is 9.53 Å². The van der Waals surface area contributed by atoms with Crippen LogP contribution in [0.15, 0.2) is 12.2 Å². The maximum Gasteiger partial charge on any atom is 0.333 e. The number of ether oxygens (including phenoxy) is 1. The summed E-state index contributed by atoms with van der Waals surface area (Å²) in [6.07, 6.45) is 5.21. The van der Waals surface area contributed by atoms with Crippen LogP contribution in [-0.4, -0.2) is 61.5 Å². The van der Waals surface area contributed by atoms with E-state index in [1.165, 1.54) is 0 Å². The number of aliphatic hydroxyl groups excluding tert-OH is 1. The van der Waals surface area contributed by atoms with Crippen molar-refractivity contribution in [1.82, 2.24) is 0 Å². The first kappa shape index (κ1) is 21.3. The molecule has 0 saturated heterocycles. The van der Waals surface area contributed by atoms with Crippen molar-refractivity contribution in [2.45, 2.75) is 39.0 Å². The number of unbranched alkanes of at least 4 members (excludes halogenated alkanes) is 4. The van der Waals surface area contributed by atoms with Crippen molar-refractivity contribution in [3.8, 4) is 0 Å². The number of carbonyl (C=O) groups excluding carboxylic acids is 1. The zero-order valence-corrected chi connectivity index (χ0v) is 15.3. The molecule has 1 atom stereocenters. The van der Waals surface area contributed by atoms with Gasteiger partial charge in [-0.2, -0.15) is 0 Å². The number of hydrogen-bond donors (Lipinski definition) is 1. The van der Waals surface area contributed by atoms with Crippen LogP contribution in [0.2, 0.25) is 0 Å². The van der Waals surface area contributed by atoms with Crippen molar-refractivity contribution in [1.29, 1.82) is 0 Å². The molecule has 0 aliphatic carbocycles. The van der Waals surface area contributed by atoms with Gasteiger partial charge in [0.25, 0.3) is 5.48 Å². The third-order valence-electron chi connectivity index (χ3n) is 2.99. The quantitative estimate of drug-likeness (QED) is 0.207. The number of likely N-dealkylation sites (N-methyl/N-ethyl adjacent to an activating group) is 1. The average molecular weight is 332 g/mol. The van der Waals surface area contributed by atoms with E-state index in [0.717, 1.165) is 32.1 Å². The van der Waals surface area contributed by atoms with Crippen LogP contribution in [0.3, 0.4) is 0 Å². The third-order valence-corrected chi connectivity index (χ3v) is 4.43. The smallest absolute Gasteiger partial charge is 0.333 e. The molecule has 0 fully saturated rings. The summed E-state index contributed by atoms with van der Waals surface area (Å²) in [5.74, 6) is -0.333. The Morgan fingerprint density at radius 2 is 1.73 bits per heavy atom. The summed E-state index contributed by atoms with van der Waals surface area (Å²) in [7, 11) is 4.25. The minimum atomic E-state index is -1.62. The molecule has 5 nitrogen and oxygen atoms in total. The van der Waals surface area contributed by atoms with E-state index in [4.69, 9.17) is 4.74 Å². The molecule has 0 radical (unpaired) electrons. The van der Waals surface area contributed by atoms with Crippen molar-refractivity contribution in [2.24, 2.45) is 0 Å². The van der Waals surface area contributed by atoms with E-state index in [1.807, 2.05) is 21.1 Å². The molecule has 6 heteroatoms. The second-order valence-electron chi connectivity index (χ2n) is 6.65. The average Bonchev–Trinajstić information content (AvgIpc) is 2.38. The van der Waals surface area contributed by atoms with Crippen molar-refractivity contribution < 1.29 is 24.0 Å². The van der Waals surface area contributed by atoms with E-state index in [1.54, 1.807) is 6.92 Å². The van der Waals surface area contributed by atoms with E-state index in [0.29, 0.717) is 29.4 Å². The topological polar surface area (TPSA) is 69.6 Å². The molecule has 0 heterocycles. The van der Waals surface area contributed by atoms with E-state index in [-0.39, 0.29) is 11.4 Å². The fraction of sp³-hybridized carbons (Fsp3) is 0.750. The Morgan fingerprint density at radius 1 is 1.18 bits per heavy atom. The van der Waals surface area contributed by atoms with Crippen LogP contribution in [0.5, 0.6) is 0 Å². The van der Waals surface area contributed by atoms with Gasteiger partial charge in [0.15, 0.2) is 6.54 Å². The second-order valence-corrected chi connectivity index (χ2v) is 8.37. The van der Waals surface area contributed by atoms with Crippen LogP contribution in [0.1, 0.15) is 39.0 Å². The second kappa shape index (κ2) is 10.9. The van der Waals surface area contributed by atoms with Crippen molar-refractivity contribution in [3.63, 3.8) is 0 Å². The summed E-state index contributed by atoms with van der Waals surface area (Å²) < 4.78 is 5.58. The SMILES string of the molecule is C=C(C)C(=O)OCCCCCCC/[P+]([O-])=C(\O)C[N+](C)(C)C. The summed E-state index contributed by atoms with van der Waals surface area (Å²) in [5, 5.41) is 9.78. The normalized spacial score (nSPS) is 12.8. The largest absolute Gasteiger partial charge is 0.629 e. The molecule has 22 heavy (non-hydrogen) atoms. The third kappa shape index (κ3) is 11.9. The Labute approximate surface area is 135 Å². The van der Waals surface area contributed by atoms with Crippen molar-refractivity contribution in [2.75, 3.05) is 40.5 Å². The van der Waals surface area contributed by atoms with Gasteiger partial charge in [-0.25, -0.2) is 4.79 Å². The van der Waals surface area contributed by atoms with Crippen LogP contribution < -0.4 is 4.89 Å². The first-order valence-electron chi connectivity index (χ1n) is 7.76. The zero-order chi connectivity index (χ0) is 17.2. The van der Waals surface area contributed by atoms with E-state index in [9.17, 15) is 14.8 Å². The molecule has 0 aliphatic rings. The van der Waals surface area contributed by atoms with Crippen LogP contribution in [0, 0.1) is 0 Å². The van der Waals surface area contributed by atoms with Crippen LogP contribution >= 0.6 is 7.77 Å². The lowest BCUT2D eigenvalue weighted by molar-refractivity contribution is -0.861. The van der Waals surface area contributed by atoms with Gasteiger partial charge in [0.2, 0.25) is 0 Å². The Bertz CT molecular complexity index is 399. The van der Waals surface area contributed by atoms with E-state index in [2.05, 4.69) is 6.58 Å². The monoisotopic (exact) mass is 332 g/mol. The first-order valence-corrected chi connectivity index (χ1v) is 9.20. The molecule has 1 N–H and O–H groups in total. The summed E-state index contributed by atoms with van der Waals surface area (Å²) in [5.41, 5.74) is 0.544. The molecular weight excluding hydrogens is 301 g/mol. The van der Waals surface area contributed by atoms with Gasteiger partial charge in [0.1, 0.15) is 6.16 Å². The highest BCUT2D eigenvalue weighted by atomic mass is 31.1. The molecule has 0 aromatic carbocycles. The number of esters is 1. The molecule has 128 valence electrons. The summed E-state index contributed by atoms with van der Waals surface area (Å²) in [4.78, 5) is 23.0. The zero-order valence-electron chi connectivity index (χ0n) is 14.4. The Kier molecular flexibility index (Phi) is 10.5. The molecule has 0 spiro atoms. The fourth-order valence-corrected chi connectivity index (χ4v) is 3.16. The number of hydrogen-bond acceptors (Lipinski definition) is 3. The Hall–Kier alpha value is -0.740. The minimum Gasteiger partial charge on any atom is -0.629 e. The summed E-state index contributed by atoms with van der Waals surface area (Å²) >= 11 is 0. The Balaban J connectivity index is 3.67. The maximum absolute atomic E-state index is 11.9. The molecule has 0 amide bonds. The number of rotatable bonds is 11. The molecular formula is C16H31NO4P+. The van der Waals surface area contributed by atoms with Crippen LogP contribution in [0.4, 0.5) is 0 Å². The standard InChI is InChI=1S/C16H30NO4P/c1-14(2)16(19)21-11-9-7-6-8-10-12-22(20)15(18)13-17(3,4)5/h1,6-13H2,2-5H3/p+1. The van der Waals surface area contributed by atoms with Gasteiger partial charge in [-0.3, -0.25) is 0 Å². The Morgan fingerprint density at radius 3 is 2.27 bits per heavy atom. The van der Waals surface area contributed by atoms with Crippen molar-refractivity contribution >= 4 is 19.2 Å². The number of nitrogens with zero attached hydrogens (tertiary/aromatic N) is 1. The highest BCUT2D eigenvalue weighted by molar-refractivity contribution is 7.51. The lowest BCUT2D eigenvalue weighted by Gasteiger charge is -2.22. The number of aliphatic hydroxyl groups is 1. The van der Waals surface area contributed by atoms with Gasteiger partial charge in [0.05, 0.1) is 35.5 Å². The van der Waals surface area contributed by atoms with Gasteiger partial charge < -0.3 is 19.2 Å². The lowest BCUT2D eigenvalue weighted by atomic mass is 10.2.